The fourth-order valence-corrected chi connectivity index (χ4v) is 3.67. The zero-order chi connectivity index (χ0) is 14.6. The smallest absolute Gasteiger partial charge is 0.319 e. The number of alkyl halides is 1. The zero-order valence-corrected chi connectivity index (χ0v) is 14.7. The van der Waals surface area contributed by atoms with Gasteiger partial charge in [-0.2, -0.15) is 0 Å². The van der Waals surface area contributed by atoms with Crippen molar-refractivity contribution < 1.29 is 18.8 Å². The summed E-state index contributed by atoms with van der Waals surface area (Å²) in [7, 11) is -4.31. The third-order valence-electron chi connectivity index (χ3n) is 2.57. The van der Waals surface area contributed by atoms with Gasteiger partial charge in [-0.25, -0.2) is 0 Å². The van der Waals surface area contributed by atoms with Crippen LogP contribution in [-0.2, 0) is 14.4 Å². The molecule has 0 radical (unpaired) electrons. The minimum absolute atomic E-state index is 0.152. The molecule has 0 aliphatic carbocycles. The summed E-state index contributed by atoms with van der Waals surface area (Å²) in [5.41, 5.74) is 0.221. The molecule has 0 saturated carbocycles. The lowest BCUT2D eigenvalue weighted by atomic mass is 10.2. The number of carbonyl (C=O) groups excluding carboxylic acids is 1. The van der Waals surface area contributed by atoms with Gasteiger partial charge in [-0.3, -0.25) is 9.36 Å². The molecule has 0 bridgehead atoms. The average molecular weight is 414 g/mol. The van der Waals surface area contributed by atoms with Crippen LogP contribution in [0.5, 0.6) is 0 Å². The Hall–Kier alpha value is -0.000000000000000111. The Morgan fingerprint density at radius 1 is 1.53 bits per heavy atom. The lowest BCUT2D eigenvalue weighted by Gasteiger charge is -2.16. The monoisotopic (exact) mass is 412 g/mol. The second-order valence-electron chi connectivity index (χ2n) is 4.10. The van der Waals surface area contributed by atoms with Crippen molar-refractivity contribution in [1.29, 1.82) is 0 Å². The van der Waals surface area contributed by atoms with Crippen molar-refractivity contribution in [3.63, 3.8) is 0 Å². The first-order chi connectivity index (χ1) is 8.81. The van der Waals surface area contributed by atoms with E-state index in [9.17, 15) is 14.3 Å². The second-order valence-corrected chi connectivity index (χ2v) is 7.17. The maximum atomic E-state index is 12.1. The number of hydrogen-bond donors (Lipinski definition) is 1. The van der Waals surface area contributed by atoms with Crippen LogP contribution in [0.3, 0.4) is 0 Å². The van der Waals surface area contributed by atoms with Gasteiger partial charge in [-0.1, -0.05) is 44.8 Å². The molecule has 0 aromatic heterocycles. The summed E-state index contributed by atoms with van der Waals surface area (Å²) in [6, 6.07) is 4.97. The van der Waals surface area contributed by atoms with Crippen LogP contribution in [-0.4, -0.2) is 16.5 Å². The fourth-order valence-electron chi connectivity index (χ4n) is 1.33. The fraction of sp³-hybridized carbons (Fsp3) is 0.417. The summed E-state index contributed by atoms with van der Waals surface area (Å²) in [5, 5.41) is 0.639. The molecule has 1 aromatic carbocycles. The van der Waals surface area contributed by atoms with E-state index < -0.39 is 19.2 Å². The molecule has 19 heavy (non-hydrogen) atoms. The van der Waals surface area contributed by atoms with Crippen molar-refractivity contribution in [2.24, 2.45) is 0 Å². The standard InChI is InChI=1S/C12H15Br2O4P/c1-3-8(2)18-19(16,17)12(15)10-5-4-9(7-13)6-11(10)14/h4-6,8H,3,7H2,1-2H3,(H,16,17). The summed E-state index contributed by atoms with van der Waals surface area (Å²) in [6.07, 6.45) is 0.113. The van der Waals surface area contributed by atoms with Gasteiger partial charge in [0.25, 0.3) is 5.52 Å². The van der Waals surface area contributed by atoms with Crippen LogP contribution in [0.1, 0.15) is 36.2 Å². The van der Waals surface area contributed by atoms with E-state index in [1.165, 1.54) is 6.07 Å². The average Bonchev–Trinajstić information content (AvgIpc) is 2.37. The Labute approximate surface area is 129 Å². The number of carbonyl (C=O) groups is 1. The van der Waals surface area contributed by atoms with Crippen LogP contribution < -0.4 is 0 Å². The minimum atomic E-state index is -4.31. The summed E-state index contributed by atoms with van der Waals surface area (Å²) >= 11 is 6.54. The van der Waals surface area contributed by atoms with Crippen LogP contribution in [0.4, 0.5) is 0 Å². The molecule has 1 N–H and O–H groups in total. The predicted molar refractivity (Wildman–Crippen MR) is 81.8 cm³/mol. The van der Waals surface area contributed by atoms with Crippen molar-refractivity contribution in [2.45, 2.75) is 31.7 Å². The number of benzene rings is 1. The number of rotatable bonds is 6. The van der Waals surface area contributed by atoms with Crippen molar-refractivity contribution in [2.75, 3.05) is 0 Å². The third-order valence-corrected chi connectivity index (χ3v) is 5.28. The van der Waals surface area contributed by atoms with Gasteiger partial charge in [0.2, 0.25) is 0 Å². The largest absolute Gasteiger partial charge is 0.399 e. The summed E-state index contributed by atoms with van der Waals surface area (Å²) in [5.74, 6) is 0. The summed E-state index contributed by atoms with van der Waals surface area (Å²) < 4.78 is 17.4. The molecule has 0 amide bonds. The highest BCUT2D eigenvalue weighted by atomic mass is 79.9. The van der Waals surface area contributed by atoms with Gasteiger partial charge in [0.1, 0.15) is 0 Å². The van der Waals surface area contributed by atoms with Gasteiger partial charge in [0.05, 0.1) is 6.10 Å². The highest BCUT2D eigenvalue weighted by Gasteiger charge is 2.34. The highest BCUT2D eigenvalue weighted by Crippen LogP contribution is 2.48. The van der Waals surface area contributed by atoms with Gasteiger partial charge in [-0.15, -0.1) is 0 Å². The molecule has 1 rings (SSSR count). The van der Waals surface area contributed by atoms with Crippen LogP contribution in [0.2, 0.25) is 0 Å². The van der Waals surface area contributed by atoms with Crippen molar-refractivity contribution in [1.82, 2.24) is 0 Å². The summed E-state index contributed by atoms with van der Waals surface area (Å²) in [6.45, 7) is 3.47. The van der Waals surface area contributed by atoms with E-state index in [4.69, 9.17) is 4.52 Å². The van der Waals surface area contributed by atoms with E-state index in [0.717, 1.165) is 5.56 Å². The molecular formula is C12H15Br2O4P. The molecule has 4 nitrogen and oxygen atoms in total. The Morgan fingerprint density at radius 2 is 2.16 bits per heavy atom. The molecule has 2 atom stereocenters. The number of hydrogen-bond acceptors (Lipinski definition) is 3. The molecule has 0 fully saturated rings. The lowest BCUT2D eigenvalue weighted by Crippen LogP contribution is -2.11. The van der Waals surface area contributed by atoms with Crippen LogP contribution >= 0.6 is 39.5 Å². The lowest BCUT2D eigenvalue weighted by molar-refractivity contribution is 0.0991. The van der Waals surface area contributed by atoms with Crippen LogP contribution in [0.25, 0.3) is 0 Å². The van der Waals surface area contributed by atoms with Crippen LogP contribution in [0.15, 0.2) is 22.7 Å². The SMILES string of the molecule is CCC(C)OP(=O)(O)C(=O)c1ccc(CBr)cc1Br. The first-order valence-corrected chi connectivity index (χ1v) is 9.21. The molecule has 106 valence electrons. The molecule has 0 saturated heterocycles. The van der Waals surface area contributed by atoms with Gasteiger partial charge < -0.3 is 9.42 Å². The molecule has 0 spiro atoms. The highest BCUT2D eigenvalue weighted by molar-refractivity contribution is 9.10. The minimum Gasteiger partial charge on any atom is -0.319 e. The molecule has 1 aromatic rings. The van der Waals surface area contributed by atoms with E-state index in [0.29, 0.717) is 16.2 Å². The molecular weight excluding hydrogens is 399 g/mol. The normalized spacial score (nSPS) is 15.8. The molecule has 7 heteroatoms. The maximum absolute atomic E-state index is 12.1. The third kappa shape index (κ3) is 4.50. The first-order valence-electron chi connectivity index (χ1n) is 5.72. The number of halogens is 2. The Morgan fingerprint density at radius 3 is 2.63 bits per heavy atom. The van der Waals surface area contributed by atoms with E-state index >= 15 is 0 Å². The Bertz CT molecular complexity index is 518. The van der Waals surface area contributed by atoms with E-state index in [-0.39, 0.29) is 5.56 Å². The Balaban J connectivity index is 3.03. The zero-order valence-electron chi connectivity index (χ0n) is 10.6. The van der Waals surface area contributed by atoms with Crippen molar-refractivity contribution in [3.05, 3.63) is 33.8 Å². The summed E-state index contributed by atoms with van der Waals surface area (Å²) in [4.78, 5) is 21.8. The first kappa shape index (κ1) is 17.1. The van der Waals surface area contributed by atoms with Crippen molar-refractivity contribution in [3.8, 4) is 0 Å². The van der Waals surface area contributed by atoms with Gasteiger partial charge in [-0.05, 0) is 31.0 Å². The van der Waals surface area contributed by atoms with Gasteiger partial charge >= 0.3 is 7.60 Å². The molecule has 0 heterocycles. The molecule has 0 aliphatic heterocycles. The van der Waals surface area contributed by atoms with Crippen LogP contribution in [0, 0.1) is 0 Å². The quantitative estimate of drug-likeness (QED) is 0.551. The van der Waals surface area contributed by atoms with E-state index in [1.807, 2.05) is 6.92 Å². The van der Waals surface area contributed by atoms with Gasteiger partial charge in [0, 0.05) is 15.4 Å². The Kier molecular flexibility index (Phi) is 6.40. The van der Waals surface area contributed by atoms with Crippen molar-refractivity contribution >= 4 is 45.0 Å². The van der Waals surface area contributed by atoms with E-state index in [2.05, 4.69) is 31.9 Å². The maximum Gasteiger partial charge on any atom is 0.399 e. The second kappa shape index (κ2) is 7.14. The molecule has 2 unspecified atom stereocenters. The van der Waals surface area contributed by atoms with E-state index in [1.54, 1.807) is 19.1 Å². The molecule has 0 aliphatic rings. The topological polar surface area (TPSA) is 63.6 Å². The predicted octanol–water partition coefficient (Wildman–Crippen LogP) is 4.48. The van der Waals surface area contributed by atoms with Gasteiger partial charge in [0.15, 0.2) is 0 Å².